The standard InChI is InChI=1S/C12H15NO3/c1-2-15-12(14)9-6-7-11(13-8-9)16-10-4-3-5-10/h6-8,10H,2-5H2,1H3. The van der Waals surface area contributed by atoms with Gasteiger partial charge in [-0.25, -0.2) is 9.78 Å². The van der Waals surface area contributed by atoms with E-state index in [1.807, 2.05) is 0 Å². The fourth-order valence-electron chi connectivity index (χ4n) is 1.44. The Balaban J connectivity index is 1.95. The van der Waals surface area contributed by atoms with E-state index in [-0.39, 0.29) is 5.97 Å². The lowest BCUT2D eigenvalue weighted by Gasteiger charge is -2.25. The molecule has 16 heavy (non-hydrogen) atoms. The number of ether oxygens (including phenoxy) is 2. The molecule has 1 fully saturated rings. The van der Waals surface area contributed by atoms with Gasteiger partial charge in [-0.15, -0.1) is 0 Å². The molecule has 0 spiro atoms. The Morgan fingerprint density at radius 2 is 2.31 bits per heavy atom. The summed E-state index contributed by atoms with van der Waals surface area (Å²) in [5, 5.41) is 0. The molecule has 1 aliphatic carbocycles. The van der Waals surface area contributed by atoms with Gasteiger partial charge < -0.3 is 9.47 Å². The molecular weight excluding hydrogens is 206 g/mol. The summed E-state index contributed by atoms with van der Waals surface area (Å²) >= 11 is 0. The number of esters is 1. The van der Waals surface area contributed by atoms with E-state index in [0.29, 0.717) is 24.2 Å². The van der Waals surface area contributed by atoms with Gasteiger partial charge >= 0.3 is 5.97 Å². The average Bonchev–Trinajstić information content (AvgIpc) is 2.25. The van der Waals surface area contributed by atoms with Gasteiger partial charge in [-0.3, -0.25) is 0 Å². The highest BCUT2D eigenvalue weighted by Crippen LogP contribution is 2.23. The summed E-state index contributed by atoms with van der Waals surface area (Å²) in [7, 11) is 0. The minimum atomic E-state index is -0.342. The van der Waals surface area contributed by atoms with Crippen LogP contribution >= 0.6 is 0 Å². The molecule has 1 aromatic rings. The number of pyridine rings is 1. The van der Waals surface area contributed by atoms with Gasteiger partial charge in [0, 0.05) is 12.3 Å². The first-order valence-electron chi connectivity index (χ1n) is 5.59. The predicted octanol–water partition coefficient (Wildman–Crippen LogP) is 2.19. The number of carbonyl (C=O) groups excluding carboxylic acids is 1. The number of rotatable bonds is 4. The Morgan fingerprint density at radius 3 is 2.81 bits per heavy atom. The molecule has 0 atom stereocenters. The summed E-state index contributed by atoms with van der Waals surface area (Å²) in [6, 6.07) is 3.39. The molecule has 86 valence electrons. The lowest BCUT2D eigenvalue weighted by molar-refractivity contribution is 0.0525. The second-order valence-electron chi connectivity index (χ2n) is 3.78. The van der Waals surface area contributed by atoms with Crippen molar-refractivity contribution < 1.29 is 14.3 Å². The molecule has 0 saturated heterocycles. The maximum absolute atomic E-state index is 11.3. The van der Waals surface area contributed by atoms with Crippen molar-refractivity contribution in [3.63, 3.8) is 0 Å². The highest BCUT2D eigenvalue weighted by molar-refractivity contribution is 5.89. The van der Waals surface area contributed by atoms with Crippen LogP contribution in [0.3, 0.4) is 0 Å². The minimum Gasteiger partial charge on any atom is -0.474 e. The van der Waals surface area contributed by atoms with Crippen LogP contribution in [0.15, 0.2) is 18.3 Å². The predicted molar refractivity (Wildman–Crippen MR) is 58.5 cm³/mol. The minimum absolute atomic E-state index is 0.306. The number of nitrogens with zero attached hydrogens (tertiary/aromatic N) is 1. The molecular formula is C12H15NO3. The second-order valence-corrected chi connectivity index (χ2v) is 3.78. The molecule has 0 bridgehead atoms. The Bertz CT molecular complexity index is 357. The molecule has 4 heteroatoms. The van der Waals surface area contributed by atoms with Gasteiger partial charge in [-0.05, 0) is 32.3 Å². The highest BCUT2D eigenvalue weighted by Gasteiger charge is 2.19. The molecule has 0 aliphatic heterocycles. The molecule has 1 heterocycles. The zero-order chi connectivity index (χ0) is 11.4. The monoisotopic (exact) mass is 221 g/mol. The maximum atomic E-state index is 11.3. The van der Waals surface area contributed by atoms with Crippen molar-refractivity contribution in [1.29, 1.82) is 0 Å². The zero-order valence-corrected chi connectivity index (χ0v) is 9.31. The molecule has 1 aromatic heterocycles. The van der Waals surface area contributed by atoms with Gasteiger partial charge in [0.25, 0.3) is 0 Å². The fourth-order valence-corrected chi connectivity index (χ4v) is 1.44. The fraction of sp³-hybridized carbons (Fsp3) is 0.500. The van der Waals surface area contributed by atoms with Crippen molar-refractivity contribution in [2.45, 2.75) is 32.3 Å². The van der Waals surface area contributed by atoms with Crippen molar-refractivity contribution in [3.8, 4) is 5.88 Å². The summed E-state index contributed by atoms with van der Waals surface area (Å²) in [4.78, 5) is 15.4. The number of carbonyl (C=O) groups is 1. The Hall–Kier alpha value is -1.58. The lowest BCUT2D eigenvalue weighted by atomic mass is 9.96. The largest absolute Gasteiger partial charge is 0.474 e. The van der Waals surface area contributed by atoms with E-state index in [2.05, 4.69) is 4.98 Å². The van der Waals surface area contributed by atoms with Gasteiger partial charge in [0.1, 0.15) is 6.10 Å². The molecule has 1 aliphatic rings. The quantitative estimate of drug-likeness (QED) is 0.731. The van der Waals surface area contributed by atoms with Gasteiger partial charge in [-0.2, -0.15) is 0 Å². The number of hydrogen-bond acceptors (Lipinski definition) is 4. The maximum Gasteiger partial charge on any atom is 0.339 e. The summed E-state index contributed by atoms with van der Waals surface area (Å²) < 4.78 is 10.4. The Kier molecular flexibility index (Phi) is 3.39. The Morgan fingerprint density at radius 1 is 1.50 bits per heavy atom. The summed E-state index contributed by atoms with van der Waals surface area (Å²) in [5.74, 6) is 0.239. The van der Waals surface area contributed by atoms with Crippen LogP contribution in [0.1, 0.15) is 36.5 Å². The third kappa shape index (κ3) is 2.51. The van der Waals surface area contributed by atoms with Crippen LogP contribution in [0.5, 0.6) is 5.88 Å². The van der Waals surface area contributed by atoms with Gasteiger partial charge in [0.05, 0.1) is 12.2 Å². The first kappa shape index (κ1) is 10.9. The molecule has 0 unspecified atom stereocenters. The van der Waals surface area contributed by atoms with Crippen LogP contribution in [-0.4, -0.2) is 23.7 Å². The third-order valence-electron chi connectivity index (χ3n) is 2.59. The van der Waals surface area contributed by atoms with Gasteiger partial charge in [0.15, 0.2) is 0 Å². The van der Waals surface area contributed by atoms with Crippen molar-refractivity contribution in [2.75, 3.05) is 6.61 Å². The van der Waals surface area contributed by atoms with Gasteiger partial charge in [0.2, 0.25) is 5.88 Å². The smallest absolute Gasteiger partial charge is 0.339 e. The third-order valence-corrected chi connectivity index (χ3v) is 2.59. The second kappa shape index (κ2) is 4.96. The first-order chi connectivity index (χ1) is 7.79. The van der Waals surface area contributed by atoms with E-state index in [9.17, 15) is 4.79 Å². The van der Waals surface area contributed by atoms with Crippen LogP contribution in [0.2, 0.25) is 0 Å². The molecule has 2 rings (SSSR count). The normalized spacial score (nSPS) is 15.3. The molecule has 0 amide bonds. The molecule has 0 N–H and O–H groups in total. The van der Waals surface area contributed by atoms with Crippen LogP contribution in [0, 0.1) is 0 Å². The van der Waals surface area contributed by atoms with E-state index >= 15 is 0 Å². The van der Waals surface area contributed by atoms with Crippen molar-refractivity contribution >= 4 is 5.97 Å². The van der Waals surface area contributed by atoms with E-state index in [4.69, 9.17) is 9.47 Å². The van der Waals surface area contributed by atoms with Crippen LogP contribution < -0.4 is 4.74 Å². The highest BCUT2D eigenvalue weighted by atomic mass is 16.5. The summed E-state index contributed by atoms with van der Waals surface area (Å²) in [5.41, 5.74) is 0.461. The van der Waals surface area contributed by atoms with Gasteiger partial charge in [-0.1, -0.05) is 0 Å². The van der Waals surface area contributed by atoms with Crippen LogP contribution in [0.4, 0.5) is 0 Å². The van der Waals surface area contributed by atoms with E-state index in [0.717, 1.165) is 12.8 Å². The van der Waals surface area contributed by atoms with E-state index in [1.54, 1.807) is 19.1 Å². The molecule has 0 radical (unpaired) electrons. The van der Waals surface area contributed by atoms with Crippen molar-refractivity contribution in [3.05, 3.63) is 23.9 Å². The van der Waals surface area contributed by atoms with Crippen LogP contribution in [0.25, 0.3) is 0 Å². The summed E-state index contributed by atoms with van der Waals surface area (Å²) in [6.07, 6.45) is 5.22. The number of aromatic nitrogens is 1. The molecule has 1 saturated carbocycles. The van der Waals surface area contributed by atoms with Crippen LogP contribution in [-0.2, 0) is 4.74 Å². The topological polar surface area (TPSA) is 48.4 Å². The van der Waals surface area contributed by atoms with E-state index < -0.39 is 0 Å². The first-order valence-corrected chi connectivity index (χ1v) is 5.59. The van der Waals surface area contributed by atoms with Crippen molar-refractivity contribution in [2.24, 2.45) is 0 Å². The van der Waals surface area contributed by atoms with E-state index in [1.165, 1.54) is 12.6 Å². The lowest BCUT2D eigenvalue weighted by Crippen LogP contribution is -2.24. The molecule has 4 nitrogen and oxygen atoms in total. The summed E-state index contributed by atoms with van der Waals surface area (Å²) in [6.45, 7) is 2.15. The SMILES string of the molecule is CCOC(=O)c1ccc(OC2CCC2)nc1. The molecule has 0 aromatic carbocycles. The average molecular weight is 221 g/mol. The van der Waals surface area contributed by atoms with Crippen molar-refractivity contribution in [1.82, 2.24) is 4.98 Å². The number of hydrogen-bond donors (Lipinski definition) is 0. The Labute approximate surface area is 94.6 Å². The zero-order valence-electron chi connectivity index (χ0n) is 9.31.